The van der Waals surface area contributed by atoms with Gasteiger partial charge in [0.05, 0.1) is 6.42 Å². The molecule has 0 aliphatic carbocycles. The molecule has 0 aromatic rings. The van der Waals surface area contributed by atoms with E-state index in [1.807, 2.05) is 0 Å². The zero-order chi connectivity index (χ0) is 13.8. The average Bonchev–Trinajstić information content (AvgIpc) is 2.90. The maximum atomic E-state index is 11.4. The molecule has 0 aromatic heterocycles. The standard InChI is InChI=1S/C12H13NO6/c14-9-5-6-10(15)13(9)19-12(17)3-1-2-8-4-7-11(16)18-8/h4H,1-3,5-7H2. The van der Waals surface area contributed by atoms with Crippen LogP contribution in [0, 0.1) is 0 Å². The topological polar surface area (TPSA) is 90.0 Å². The molecule has 2 aliphatic rings. The van der Waals surface area contributed by atoms with Gasteiger partial charge in [0.1, 0.15) is 5.76 Å². The van der Waals surface area contributed by atoms with Crippen LogP contribution >= 0.6 is 0 Å². The van der Waals surface area contributed by atoms with E-state index in [9.17, 15) is 19.2 Å². The summed E-state index contributed by atoms with van der Waals surface area (Å²) in [6.45, 7) is 0. The second kappa shape index (κ2) is 5.64. The molecule has 2 heterocycles. The van der Waals surface area contributed by atoms with Gasteiger partial charge in [-0.2, -0.15) is 0 Å². The van der Waals surface area contributed by atoms with Crippen LogP contribution in [0.15, 0.2) is 11.8 Å². The maximum absolute atomic E-state index is 11.4. The number of carbonyl (C=O) groups is 4. The fraction of sp³-hybridized carbons (Fsp3) is 0.500. The van der Waals surface area contributed by atoms with Crippen molar-refractivity contribution in [2.75, 3.05) is 0 Å². The van der Waals surface area contributed by atoms with Crippen molar-refractivity contribution in [3.8, 4) is 0 Å². The predicted molar refractivity (Wildman–Crippen MR) is 59.8 cm³/mol. The lowest BCUT2D eigenvalue weighted by Gasteiger charge is -2.12. The molecule has 1 fully saturated rings. The zero-order valence-corrected chi connectivity index (χ0v) is 10.2. The molecule has 0 spiro atoms. The van der Waals surface area contributed by atoms with E-state index in [-0.39, 0.29) is 31.7 Å². The Bertz CT molecular complexity index is 451. The summed E-state index contributed by atoms with van der Waals surface area (Å²) < 4.78 is 4.86. The van der Waals surface area contributed by atoms with Crippen LogP contribution in [-0.4, -0.2) is 28.8 Å². The molecule has 0 unspecified atom stereocenters. The molecule has 0 saturated carbocycles. The molecule has 0 radical (unpaired) electrons. The molecule has 0 aromatic carbocycles. The predicted octanol–water partition coefficient (Wildman–Crippen LogP) is 0.595. The van der Waals surface area contributed by atoms with Crippen molar-refractivity contribution in [3.05, 3.63) is 11.8 Å². The minimum atomic E-state index is -0.645. The number of hydrogen-bond acceptors (Lipinski definition) is 6. The number of imide groups is 1. The van der Waals surface area contributed by atoms with Gasteiger partial charge in [-0.15, -0.1) is 5.06 Å². The van der Waals surface area contributed by atoms with Gasteiger partial charge in [0.2, 0.25) is 0 Å². The molecule has 2 amide bonds. The van der Waals surface area contributed by atoms with Gasteiger partial charge in [0.15, 0.2) is 0 Å². The van der Waals surface area contributed by atoms with Crippen molar-refractivity contribution in [3.63, 3.8) is 0 Å². The van der Waals surface area contributed by atoms with E-state index in [2.05, 4.69) is 4.84 Å². The number of hydrogen-bond donors (Lipinski definition) is 0. The van der Waals surface area contributed by atoms with Gasteiger partial charge >= 0.3 is 11.9 Å². The molecule has 7 nitrogen and oxygen atoms in total. The number of allylic oxidation sites excluding steroid dienone is 1. The van der Waals surface area contributed by atoms with Gasteiger partial charge in [-0.05, 0) is 12.5 Å². The highest BCUT2D eigenvalue weighted by Crippen LogP contribution is 2.18. The van der Waals surface area contributed by atoms with Crippen molar-refractivity contribution in [2.45, 2.75) is 38.5 Å². The highest BCUT2D eigenvalue weighted by molar-refractivity contribution is 6.01. The van der Waals surface area contributed by atoms with Crippen molar-refractivity contribution >= 4 is 23.8 Å². The Hall–Kier alpha value is -2.18. The molecule has 2 aliphatic heterocycles. The van der Waals surface area contributed by atoms with Crippen molar-refractivity contribution in [1.29, 1.82) is 0 Å². The van der Waals surface area contributed by atoms with Crippen LogP contribution in [0.1, 0.15) is 38.5 Å². The molecule has 1 saturated heterocycles. The Morgan fingerprint density at radius 1 is 1.26 bits per heavy atom. The Morgan fingerprint density at radius 3 is 2.53 bits per heavy atom. The maximum Gasteiger partial charge on any atom is 0.333 e. The van der Waals surface area contributed by atoms with E-state index in [4.69, 9.17) is 4.74 Å². The number of cyclic esters (lactones) is 1. The summed E-state index contributed by atoms with van der Waals surface area (Å²) in [4.78, 5) is 49.3. The summed E-state index contributed by atoms with van der Waals surface area (Å²) >= 11 is 0. The van der Waals surface area contributed by atoms with E-state index in [1.165, 1.54) is 0 Å². The number of ether oxygens (including phenoxy) is 1. The van der Waals surface area contributed by atoms with Crippen LogP contribution in [0.25, 0.3) is 0 Å². The third-order valence-corrected chi connectivity index (χ3v) is 2.74. The second-order valence-corrected chi connectivity index (χ2v) is 4.25. The number of carbonyl (C=O) groups excluding carboxylic acids is 4. The zero-order valence-electron chi connectivity index (χ0n) is 10.2. The number of esters is 1. The van der Waals surface area contributed by atoms with Gasteiger partial charge < -0.3 is 9.57 Å². The summed E-state index contributed by atoms with van der Waals surface area (Å²) in [6.07, 6.45) is 3.00. The first-order valence-electron chi connectivity index (χ1n) is 6.02. The van der Waals surface area contributed by atoms with Crippen LogP contribution in [-0.2, 0) is 28.8 Å². The molecule has 0 N–H and O–H groups in total. The molecular formula is C12H13NO6. The quantitative estimate of drug-likeness (QED) is 0.535. The van der Waals surface area contributed by atoms with E-state index < -0.39 is 17.8 Å². The summed E-state index contributed by atoms with van der Waals surface area (Å²) in [7, 11) is 0. The lowest BCUT2D eigenvalue weighted by Crippen LogP contribution is -2.31. The van der Waals surface area contributed by atoms with Crippen molar-refractivity contribution in [1.82, 2.24) is 5.06 Å². The molecule has 7 heteroatoms. The number of hydroxylamine groups is 2. The van der Waals surface area contributed by atoms with Crippen LogP contribution in [0.5, 0.6) is 0 Å². The molecule has 0 bridgehead atoms. The molecule has 0 atom stereocenters. The normalized spacial score (nSPS) is 18.6. The average molecular weight is 267 g/mol. The van der Waals surface area contributed by atoms with Gasteiger partial charge in [0, 0.05) is 25.7 Å². The number of nitrogens with zero attached hydrogens (tertiary/aromatic N) is 1. The minimum absolute atomic E-state index is 0.0476. The van der Waals surface area contributed by atoms with Crippen LogP contribution in [0.2, 0.25) is 0 Å². The summed E-state index contributed by atoms with van der Waals surface area (Å²) in [5, 5.41) is 0.525. The number of rotatable bonds is 5. The molecule has 2 rings (SSSR count). The fourth-order valence-corrected chi connectivity index (χ4v) is 1.79. The number of amides is 2. The summed E-state index contributed by atoms with van der Waals surface area (Å²) in [6, 6.07) is 0. The molecular weight excluding hydrogens is 254 g/mol. The monoisotopic (exact) mass is 267 g/mol. The highest BCUT2D eigenvalue weighted by atomic mass is 16.7. The van der Waals surface area contributed by atoms with Gasteiger partial charge in [-0.1, -0.05) is 0 Å². The fourth-order valence-electron chi connectivity index (χ4n) is 1.79. The summed E-state index contributed by atoms with van der Waals surface area (Å²) in [5.41, 5.74) is 0. The van der Waals surface area contributed by atoms with Crippen molar-refractivity contribution < 1.29 is 28.8 Å². The highest BCUT2D eigenvalue weighted by Gasteiger charge is 2.32. The smallest absolute Gasteiger partial charge is 0.333 e. The van der Waals surface area contributed by atoms with Gasteiger partial charge in [-0.25, -0.2) is 4.79 Å². The Balaban J connectivity index is 1.69. The second-order valence-electron chi connectivity index (χ2n) is 4.25. The van der Waals surface area contributed by atoms with Crippen LogP contribution in [0.4, 0.5) is 0 Å². The van der Waals surface area contributed by atoms with E-state index in [1.54, 1.807) is 6.08 Å². The van der Waals surface area contributed by atoms with E-state index >= 15 is 0 Å². The van der Waals surface area contributed by atoms with E-state index in [0.717, 1.165) is 0 Å². The first-order valence-corrected chi connectivity index (χ1v) is 6.02. The van der Waals surface area contributed by atoms with Crippen molar-refractivity contribution in [2.24, 2.45) is 0 Å². The first-order chi connectivity index (χ1) is 9.06. The molecule has 102 valence electrons. The Kier molecular flexibility index (Phi) is 3.94. The minimum Gasteiger partial charge on any atom is -0.431 e. The van der Waals surface area contributed by atoms with Gasteiger partial charge in [0.25, 0.3) is 11.8 Å². The third kappa shape index (κ3) is 3.40. The lowest BCUT2D eigenvalue weighted by atomic mass is 10.2. The SMILES string of the molecule is O=C1CC=C(CCCC(=O)ON2C(=O)CCC2=O)O1. The summed E-state index contributed by atoms with van der Waals surface area (Å²) in [5.74, 6) is -1.39. The largest absolute Gasteiger partial charge is 0.431 e. The molecule has 19 heavy (non-hydrogen) atoms. The first kappa shape index (κ1) is 13.3. The van der Waals surface area contributed by atoms with Crippen LogP contribution < -0.4 is 0 Å². The third-order valence-electron chi connectivity index (χ3n) is 2.74. The van der Waals surface area contributed by atoms with Gasteiger partial charge in [-0.3, -0.25) is 14.4 Å². The lowest BCUT2D eigenvalue weighted by molar-refractivity contribution is -0.197. The Morgan fingerprint density at radius 2 is 1.95 bits per heavy atom. The Labute approximate surface area is 109 Å². The van der Waals surface area contributed by atoms with Crippen LogP contribution in [0.3, 0.4) is 0 Å². The van der Waals surface area contributed by atoms with E-state index in [0.29, 0.717) is 23.7 Å².